The molecule has 0 saturated carbocycles. The Labute approximate surface area is 89.1 Å². The molecule has 0 spiro atoms. The molecule has 0 aliphatic heterocycles. The van der Waals surface area contributed by atoms with Gasteiger partial charge < -0.3 is 5.73 Å². The van der Waals surface area contributed by atoms with Gasteiger partial charge in [-0.1, -0.05) is 32.4 Å². The van der Waals surface area contributed by atoms with Crippen molar-refractivity contribution in [2.45, 2.75) is 26.2 Å². The highest BCUT2D eigenvalue weighted by Gasteiger charge is 2.20. The van der Waals surface area contributed by atoms with E-state index in [0.29, 0.717) is 10.6 Å². The zero-order valence-corrected chi connectivity index (χ0v) is 9.35. The Hall–Kier alpha value is -1.02. The molecule has 0 aliphatic carbocycles. The van der Waals surface area contributed by atoms with Crippen LogP contribution in [0.25, 0.3) is 0 Å². The number of nitrogens with two attached hydrogens (primary N) is 1. The smallest absolute Gasteiger partial charge is 0.248 e. The van der Waals surface area contributed by atoms with Gasteiger partial charge in [0.05, 0.1) is 0 Å². The molecule has 0 heterocycles. The van der Waals surface area contributed by atoms with E-state index < -0.39 is 5.91 Å². The fraction of sp³-hybridized carbons (Fsp3) is 0.364. The monoisotopic (exact) mass is 211 g/mol. The molecule has 0 radical (unpaired) electrons. The van der Waals surface area contributed by atoms with E-state index >= 15 is 0 Å². The summed E-state index contributed by atoms with van der Waals surface area (Å²) < 4.78 is 0. The zero-order chi connectivity index (χ0) is 10.9. The molecule has 0 bridgehead atoms. The maximum Gasteiger partial charge on any atom is 0.248 e. The lowest BCUT2D eigenvalue weighted by Crippen LogP contribution is -2.21. The normalized spacial score (nSPS) is 11.4. The Morgan fingerprint density at radius 2 is 1.93 bits per heavy atom. The molecule has 0 atom stereocenters. The minimum Gasteiger partial charge on any atom is -0.366 e. The van der Waals surface area contributed by atoms with Crippen LogP contribution < -0.4 is 5.73 Å². The molecule has 0 fully saturated rings. The van der Waals surface area contributed by atoms with Crippen molar-refractivity contribution in [2.75, 3.05) is 0 Å². The average Bonchev–Trinajstić information content (AvgIpc) is 2.01. The molecule has 14 heavy (non-hydrogen) atoms. The summed E-state index contributed by atoms with van der Waals surface area (Å²) in [7, 11) is 0. The van der Waals surface area contributed by atoms with Gasteiger partial charge in [0, 0.05) is 10.6 Å². The summed E-state index contributed by atoms with van der Waals surface area (Å²) in [6.45, 7) is 6.06. The van der Waals surface area contributed by atoms with E-state index in [0.717, 1.165) is 5.56 Å². The third kappa shape index (κ3) is 2.26. The second-order valence-corrected chi connectivity index (χ2v) is 4.74. The number of amides is 1. The Morgan fingerprint density at radius 1 is 1.36 bits per heavy atom. The first-order valence-electron chi connectivity index (χ1n) is 4.42. The first-order chi connectivity index (χ1) is 6.32. The van der Waals surface area contributed by atoms with Gasteiger partial charge >= 0.3 is 0 Å². The van der Waals surface area contributed by atoms with Crippen molar-refractivity contribution in [2.24, 2.45) is 5.73 Å². The van der Waals surface area contributed by atoms with Crippen molar-refractivity contribution in [1.82, 2.24) is 0 Å². The van der Waals surface area contributed by atoms with Crippen molar-refractivity contribution in [3.05, 3.63) is 34.3 Å². The third-order valence-electron chi connectivity index (χ3n) is 2.06. The fourth-order valence-electron chi connectivity index (χ4n) is 1.35. The Kier molecular flexibility index (Phi) is 2.86. The largest absolute Gasteiger partial charge is 0.366 e. The van der Waals surface area contributed by atoms with Crippen molar-refractivity contribution < 1.29 is 4.79 Å². The van der Waals surface area contributed by atoms with Crippen molar-refractivity contribution in [3.63, 3.8) is 0 Å². The molecule has 0 unspecified atom stereocenters. The number of halogens is 1. The van der Waals surface area contributed by atoms with Gasteiger partial charge in [-0.2, -0.15) is 0 Å². The molecule has 1 aromatic rings. The van der Waals surface area contributed by atoms with E-state index in [4.69, 9.17) is 17.3 Å². The number of hydrogen-bond acceptors (Lipinski definition) is 1. The summed E-state index contributed by atoms with van der Waals surface area (Å²) in [6.07, 6.45) is 0. The van der Waals surface area contributed by atoms with Crippen LogP contribution in [-0.4, -0.2) is 5.91 Å². The van der Waals surface area contributed by atoms with Crippen LogP contribution in [0.5, 0.6) is 0 Å². The number of primary amides is 1. The minimum absolute atomic E-state index is 0.130. The maximum atomic E-state index is 11.2. The molecule has 1 aromatic carbocycles. The first kappa shape index (κ1) is 11.1. The SMILES string of the molecule is CC(C)(C)c1cc(Cl)ccc1C(N)=O. The van der Waals surface area contributed by atoms with Gasteiger partial charge in [0.25, 0.3) is 0 Å². The van der Waals surface area contributed by atoms with Gasteiger partial charge in [-0.15, -0.1) is 0 Å². The number of carbonyl (C=O) groups is 1. The lowest BCUT2D eigenvalue weighted by Gasteiger charge is -2.21. The zero-order valence-electron chi connectivity index (χ0n) is 8.60. The predicted molar refractivity (Wildman–Crippen MR) is 58.7 cm³/mol. The second kappa shape index (κ2) is 3.62. The van der Waals surface area contributed by atoms with Crippen LogP contribution in [0.15, 0.2) is 18.2 Å². The molecule has 2 nitrogen and oxygen atoms in total. The van der Waals surface area contributed by atoms with Crippen molar-refractivity contribution in [3.8, 4) is 0 Å². The van der Waals surface area contributed by atoms with E-state index in [1.54, 1.807) is 18.2 Å². The molecular weight excluding hydrogens is 198 g/mol. The Bertz CT molecular complexity index is 366. The molecule has 0 saturated heterocycles. The van der Waals surface area contributed by atoms with Crippen LogP contribution in [0.1, 0.15) is 36.7 Å². The quantitative estimate of drug-likeness (QED) is 0.763. The highest BCUT2D eigenvalue weighted by Crippen LogP contribution is 2.28. The molecule has 1 amide bonds. The van der Waals surface area contributed by atoms with E-state index in [1.165, 1.54) is 0 Å². The highest BCUT2D eigenvalue weighted by atomic mass is 35.5. The van der Waals surface area contributed by atoms with Crippen LogP contribution in [-0.2, 0) is 5.41 Å². The van der Waals surface area contributed by atoms with Crippen LogP contribution in [0.3, 0.4) is 0 Å². The predicted octanol–water partition coefficient (Wildman–Crippen LogP) is 2.74. The summed E-state index contributed by atoms with van der Waals surface area (Å²) >= 11 is 5.88. The molecule has 3 heteroatoms. The molecule has 0 aliphatic rings. The number of rotatable bonds is 1. The molecular formula is C11H14ClNO. The average molecular weight is 212 g/mol. The topological polar surface area (TPSA) is 43.1 Å². The van der Waals surface area contributed by atoms with Gasteiger partial charge in [-0.25, -0.2) is 0 Å². The minimum atomic E-state index is -0.411. The van der Waals surface area contributed by atoms with Crippen LogP contribution >= 0.6 is 11.6 Å². The Morgan fingerprint density at radius 3 is 2.36 bits per heavy atom. The molecule has 0 aromatic heterocycles. The van der Waals surface area contributed by atoms with Crippen LogP contribution in [0.4, 0.5) is 0 Å². The van der Waals surface area contributed by atoms with Gasteiger partial charge in [0.1, 0.15) is 0 Å². The summed E-state index contributed by atoms with van der Waals surface area (Å²) in [4.78, 5) is 11.2. The van der Waals surface area contributed by atoms with E-state index in [9.17, 15) is 4.79 Å². The van der Waals surface area contributed by atoms with E-state index in [1.807, 2.05) is 20.8 Å². The molecule has 2 N–H and O–H groups in total. The van der Waals surface area contributed by atoms with Gasteiger partial charge in [-0.3, -0.25) is 4.79 Å². The van der Waals surface area contributed by atoms with Gasteiger partial charge in [0.15, 0.2) is 0 Å². The maximum absolute atomic E-state index is 11.2. The number of benzene rings is 1. The molecule has 1 rings (SSSR count). The lowest BCUT2D eigenvalue weighted by atomic mass is 9.83. The second-order valence-electron chi connectivity index (χ2n) is 4.30. The lowest BCUT2D eigenvalue weighted by molar-refractivity contribution is 0.0998. The van der Waals surface area contributed by atoms with Crippen LogP contribution in [0, 0.1) is 0 Å². The van der Waals surface area contributed by atoms with Gasteiger partial charge in [-0.05, 0) is 29.2 Å². The summed E-state index contributed by atoms with van der Waals surface area (Å²) in [5.74, 6) is -0.411. The van der Waals surface area contributed by atoms with Gasteiger partial charge in [0.2, 0.25) is 5.91 Å². The summed E-state index contributed by atoms with van der Waals surface area (Å²) in [5.41, 5.74) is 6.58. The van der Waals surface area contributed by atoms with E-state index in [-0.39, 0.29) is 5.41 Å². The fourth-order valence-corrected chi connectivity index (χ4v) is 1.52. The van der Waals surface area contributed by atoms with Crippen LogP contribution in [0.2, 0.25) is 5.02 Å². The number of carbonyl (C=O) groups excluding carboxylic acids is 1. The van der Waals surface area contributed by atoms with Crippen molar-refractivity contribution in [1.29, 1.82) is 0 Å². The van der Waals surface area contributed by atoms with E-state index in [2.05, 4.69) is 0 Å². The standard InChI is InChI=1S/C11H14ClNO/c1-11(2,3)9-6-7(12)4-5-8(9)10(13)14/h4-6H,1-3H3,(H2,13,14). The van der Waals surface area contributed by atoms with Crippen molar-refractivity contribution >= 4 is 17.5 Å². The highest BCUT2D eigenvalue weighted by molar-refractivity contribution is 6.30. The first-order valence-corrected chi connectivity index (χ1v) is 4.80. The Balaban J connectivity index is 3.38. The molecule has 76 valence electrons. The summed E-state index contributed by atoms with van der Waals surface area (Å²) in [6, 6.07) is 5.14. The summed E-state index contributed by atoms with van der Waals surface area (Å²) in [5, 5.41) is 0.625. The third-order valence-corrected chi connectivity index (χ3v) is 2.29. The number of hydrogen-bond donors (Lipinski definition) is 1.